The molecule has 0 heterocycles. The first-order valence-corrected chi connectivity index (χ1v) is 7.75. The first-order valence-electron chi connectivity index (χ1n) is 7.75. The zero-order valence-corrected chi connectivity index (χ0v) is 13.6. The van der Waals surface area contributed by atoms with E-state index in [-0.39, 0.29) is 18.1 Å². The highest BCUT2D eigenvalue weighted by molar-refractivity contribution is 5.03. The van der Waals surface area contributed by atoms with Gasteiger partial charge in [0.25, 0.3) is 0 Å². The highest BCUT2D eigenvalue weighted by Crippen LogP contribution is 2.43. The summed E-state index contributed by atoms with van der Waals surface area (Å²) in [7, 11) is 0. The summed E-state index contributed by atoms with van der Waals surface area (Å²) in [4.78, 5) is 0. The maximum Gasteiger partial charge on any atom is 0.0656 e. The smallest absolute Gasteiger partial charge is 0.0656 e. The minimum absolute atomic E-state index is 0.166. The summed E-state index contributed by atoms with van der Waals surface area (Å²) in [6, 6.07) is 0.677. The molecule has 0 spiro atoms. The first-order chi connectivity index (χ1) is 8.77. The second-order valence-electron chi connectivity index (χ2n) is 7.50. The van der Waals surface area contributed by atoms with Gasteiger partial charge in [-0.25, -0.2) is 0 Å². The van der Waals surface area contributed by atoms with Gasteiger partial charge in [0.05, 0.1) is 12.7 Å². The predicted octanol–water partition coefficient (Wildman–Crippen LogP) is 2.82. The van der Waals surface area contributed by atoms with Gasteiger partial charge in [0.1, 0.15) is 0 Å². The van der Waals surface area contributed by atoms with Crippen molar-refractivity contribution in [2.45, 2.75) is 72.6 Å². The summed E-state index contributed by atoms with van der Waals surface area (Å²) in [6.45, 7) is 14.4. The van der Waals surface area contributed by atoms with Crippen LogP contribution in [0, 0.1) is 17.3 Å². The number of aliphatic hydroxyl groups excluding tert-OH is 1. The largest absolute Gasteiger partial charge is 0.395 e. The van der Waals surface area contributed by atoms with Crippen molar-refractivity contribution in [2.24, 2.45) is 17.3 Å². The molecule has 0 aromatic rings. The Labute approximate surface area is 119 Å². The van der Waals surface area contributed by atoms with E-state index in [9.17, 15) is 5.11 Å². The van der Waals surface area contributed by atoms with Crippen LogP contribution < -0.4 is 5.32 Å². The van der Waals surface area contributed by atoms with Gasteiger partial charge in [-0.2, -0.15) is 0 Å². The maximum atomic E-state index is 9.46. The van der Waals surface area contributed by atoms with Gasteiger partial charge < -0.3 is 15.2 Å². The number of nitrogens with one attached hydrogen (secondary N) is 1. The molecule has 3 unspecified atom stereocenters. The van der Waals surface area contributed by atoms with Crippen LogP contribution in [-0.2, 0) is 4.74 Å². The summed E-state index contributed by atoms with van der Waals surface area (Å²) in [5.41, 5.74) is 0.166. The van der Waals surface area contributed by atoms with Gasteiger partial charge in [0.2, 0.25) is 0 Å². The van der Waals surface area contributed by atoms with Crippen molar-refractivity contribution in [2.75, 3.05) is 13.2 Å². The van der Waals surface area contributed by atoms with E-state index < -0.39 is 0 Å². The van der Waals surface area contributed by atoms with Crippen LogP contribution in [-0.4, -0.2) is 36.5 Å². The van der Waals surface area contributed by atoms with Gasteiger partial charge in [-0.05, 0) is 24.7 Å². The lowest BCUT2D eigenvalue weighted by atomic mass is 9.64. The number of hydrogen-bond acceptors (Lipinski definition) is 3. The molecule has 0 amide bonds. The number of ether oxygens (including phenoxy) is 1. The Morgan fingerprint density at radius 2 is 1.84 bits per heavy atom. The van der Waals surface area contributed by atoms with E-state index in [1.165, 1.54) is 0 Å². The fraction of sp³-hybridized carbons (Fsp3) is 1.00. The average molecular weight is 271 g/mol. The molecule has 2 N–H and O–H groups in total. The van der Waals surface area contributed by atoms with Crippen molar-refractivity contribution in [3.8, 4) is 0 Å². The molecule has 1 aliphatic rings. The molecule has 1 rings (SSSR count). The zero-order chi connectivity index (χ0) is 14.6. The fourth-order valence-electron chi connectivity index (χ4n) is 2.81. The van der Waals surface area contributed by atoms with Crippen LogP contribution in [0.3, 0.4) is 0 Å². The van der Waals surface area contributed by atoms with Crippen LogP contribution in [0.1, 0.15) is 54.4 Å². The van der Waals surface area contributed by atoms with Crippen molar-refractivity contribution in [1.82, 2.24) is 5.32 Å². The summed E-state index contributed by atoms with van der Waals surface area (Å²) >= 11 is 0. The van der Waals surface area contributed by atoms with Crippen LogP contribution >= 0.6 is 0 Å². The SMILES string of the molecule is CC(C)COC1CC(NC(CO)CC(C)C)C1(C)C. The quantitative estimate of drug-likeness (QED) is 0.713. The van der Waals surface area contributed by atoms with Crippen molar-refractivity contribution in [3.63, 3.8) is 0 Å². The highest BCUT2D eigenvalue weighted by atomic mass is 16.5. The summed E-state index contributed by atoms with van der Waals surface area (Å²) in [5, 5.41) is 13.1. The molecule has 0 aromatic carbocycles. The summed E-state index contributed by atoms with van der Waals surface area (Å²) in [6.07, 6.45) is 2.44. The van der Waals surface area contributed by atoms with Crippen molar-refractivity contribution < 1.29 is 9.84 Å². The van der Waals surface area contributed by atoms with Crippen molar-refractivity contribution in [1.29, 1.82) is 0 Å². The van der Waals surface area contributed by atoms with E-state index in [2.05, 4.69) is 46.9 Å². The van der Waals surface area contributed by atoms with E-state index in [1.54, 1.807) is 0 Å². The lowest BCUT2D eigenvalue weighted by Gasteiger charge is -2.53. The Morgan fingerprint density at radius 1 is 1.21 bits per heavy atom. The Morgan fingerprint density at radius 3 is 2.26 bits per heavy atom. The van der Waals surface area contributed by atoms with Crippen molar-refractivity contribution in [3.05, 3.63) is 0 Å². The number of aliphatic hydroxyl groups is 1. The second-order valence-corrected chi connectivity index (χ2v) is 7.50. The summed E-state index contributed by atoms with van der Waals surface area (Å²) < 4.78 is 5.98. The standard InChI is InChI=1S/C16H33NO2/c1-11(2)7-13(9-18)17-14-8-15(16(14,5)6)19-10-12(3)4/h11-15,17-18H,7-10H2,1-6H3. The van der Waals surface area contributed by atoms with E-state index in [1.807, 2.05) is 0 Å². The summed E-state index contributed by atoms with van der Waals surface area (Å²) in [5.74, 6) is 1.20. The molecule has 0 aliphatic heterocycles. The molecule has 0 aromatic heterocycles. The molecule has 114 valence electrons. The van der Waals surface area contributed by atoms with Gasteiger partial charge in [-0.1, -0.05) is 41.5 Å². The third kappa shape index (κ3) is 4.73. The minimum atomic E-state index is 0.166. The molecule has 0 saturated heterocycles. The lowest BCUT2D eigenvalue weighted by molar-refractivity contribution is -0.127. The molecule has 0 radical (unpaired) electrons. The topological polar surface area (TPSA) is 41.5 Å². The van der Waals surface area contributed by atoms with E-state index >= 15 is 0 Å². The van der Waals surface area contributed by atoms with Gasteiger partial charge >= 0.3 is 0 Å². The third-order valence-corrected chi connectivity index (χ3v) is 4.22. The Bertz CT molecular complexity index is 263. The average Bonchev–Trinajstić information content (AvgIpc) is 2.30. The molecule has 3 heteroatoms. The molecular weight excluding hydrogens is 238 g/mol. The van der Waals surface area contributed by atoms with Crippen LogP contribution in [0.15, 0.2) is 0 Å². The van der Waals surface area contributed by atoms with Gasteiger partial charge in [0, 0.05) is 24.1 Å². The predicted molar refractivity (Wildman–Crippen MR) is 80.2 cm³/mol. The lowest BCUT2D eigenvalue weighted by Crippen LogP contribution is -2.63. The Kier molecular flexibility index (Phi) is 6.28. The molecule has 3 atom stereocenters. The normalized spacial score (nSPS) is 27.6. The van der Waals surface area contributed by atoms with E-state index in [0.29, 0.717) is 24.0 Å². The Hall–Kier alpha value is -0.120. The van der Waals surface area contributed by atoms with Crippen molar-refractivity contribution >= 4 is 0 Å². The molecule has 3 nitrogen and oxygen atoms in total. The monoisotopic (exact) mass is 271 g/mol. The van der Waals surface area contributed by atoms with Gasteiger partial charge in [-0.15, -0.1) is 0 Å². The second kappa shape index (κ2) is 7.05. The van der Waals surface area contributed by atoms with Crippen LogP contribution in [0.2, 0.25) is 0 Å². The molecule has 1 saturated carbocycles. The Balaban J connectivity index is 2.41. The molecule has 19 heavy (non-hydrogen) atoms. The molecule has 0 bridgehead atoms. The minimum Gasteiger partial charge on any atom is -0.395 e. The number of rotatable bonds is 8. The molecule has 1 aliphatic carbocycles. The van der Waals surface area contributed by atoms with E-state index in [4.69, 9.17) is 4.74 Å². The zero-order valence-electron chi connectivity index (χ0n) is 13.6. The van der Waals surface area contributed by atoms with Crippen LogP contribution in [0.4, 0.5) is 0 Å². The van der Waals surface area contributed by atoms with E-state index in [0.717, 1.165) is 19.4 Å². The number of hydrogen-bond donors (Lipinski definition) is 2. The molecular formula is C16H33NO2. The first kappa shape index (κ1) is 16.9. The van der Waals surface area contributed by atoms with Gasteiger partial charge in [0.15, 0.2) is 0 Å². The highest BCUT2D eigenvalue weighted by Gasteiger charge is 2.49. The van der Waals surface area contributed by atoms with Crippen LogP contribution in [0.5, 0.6) is 0 Å². The van der Waals surface area contributed by atoms with Gasteiger partial charge in [-0.3, -0.25) is 0 Å². The fourth-order valence-corrected chi connectivity index (χ4v) is 2.81. The third-order valence-electron chi connectivity index (χ3n) is 4.22. The van der Waals surface area contributed by atoms with Crippen LogP contribution in [0.25, 0.3) is 0 Å². The maximum absolute atomic E-state index is 9.46. The molecule has 1 fully saturated rings.